The van der Waals surface area contributed by atoms with Crippen LogP contribution in [0.2, 0.25) is 0 Å². The first kappa shape index (κ1) is 16.8. The molecule has 6 heteroatoms. The van der Waals surface area contributed by atoms with E-state index in [0.29, 0.717) is 17.9 Å². The topological polar surface area (TPSA) is 76.7 Å². The summed E-state index contributed by atoms with van der Waals surface area (Å²) in [5.74, 6) is 0.287. The molecule has 1 atom stereocenters. The van der Waals surface area contributed by atoms with Gasteiger partial charge >= 0.3 is 5.97 Å². The number of hydrogen-bond donors (Lipinski definition) is 2. The van der Waals surface area contributed by atoms with Crippen molar-refractivity contribution in [1.82, 2.24) is 5.32 Å². The van der Waals surface area contributed by atoms with Crippen molar-refractivity contribution < 1.29 is 19.1 Å². The van der Waals surface area contributed by atoms with Crippen LogP contribution in [0.25, 0.3) is 0 Å². The van der Waals surface area contributed by atoms with Crippen molar-refractivity contribution in [2.24, 2.45) is 0 Å². The molecule has 25 heavy (non-hydrogen) atoms. The smallest absolute Gasteiger partial charge is 0.337 e. The van der Waals surface area contributed by atoms with E-state index in [1.165, 1.54) is 7.11 Å². The number of fused-ring (bicyclic) bond motifs is 1. The number of amides is 1. The first-order chi connectivity index (χ1) is 12.2. The average molecular weight is 340 g/mol. The summed E-state index contributed by atoms with van der Waals surface area (Å²) in [5.41, 5.74) is 2.12. The summed E-state index contributed by atoms with van der Waals surface area (Å²) >= 11 is 0. The highest BCUT2D eigenvalue weighted by molar-refractivity contribution is 5.90. The lowest BCUT2D eigenvalue weighted by molar-refractivity contribution is -0.120. The molecule has 3 rings (SSSR count). The Morgan fingerprint density at radius 1 is 1.20 bits per heavy atom. The van der Waals surface area contributed by atoms with Gasteiger partial charge in [0.1, 0.15) is 5.75 Å². The molecule has 0 spiro atoms. The minimum atomic E-state index is -0.410. The summed E-state index contributed by atoms with van der Waals surface area (Å²) in [6.45, 7) is 0.695. The molecule has 1 aliphatic heterocycles. The predicted octanol–water partition coefficient (Wildman–Crippen LogP) is 2.53. The summed E-state index contributed by atoms with van der Waals surface area (Å²) in [4.78, 5) is 23.8. The maximum atomic E-state index is 12.3. The van der Waals surface area contributed by atoms with Crippen molar-refractivity contribution in [3.8, 4) is 5.75 Å². The average Bonchev–Trinajstić information content (AvgIpc) is 2.66. The molecule has 0 saturated heterocycles. The van der Waals surface area contributed by atoms with Gasteiger partial charge in [-0.05, 0) is 24.3 Å². The number of esters is 1. The molecule has 0 saturated carbocycles. The molecular formula is C19H20N2O4. The first-order valence-electron chi connectivity index (χ1n) is 8.10. The Morgan fingerprint density at radius 2 is 2.04 bits per heavy atom. The van der Waals surface area contributed by atoms with Crippen LogP contribution in [0.5, 0.6) is 5.75 Å². The number of ether oxygens (including phenoxy) is 2. The van der Waals surface area contributed by atoms with Crippen LogP contribution in [0.3, 0.4) is 0 Å². The largest absolute Gasteiger partial charge is 0.493 e. The van der Waals surface area contributed by atoms with E-state index >= 15 is 0 Å². The van der Waals surface area contributed by atoms with Crippen LogP contribution in [0.1, 0.15) is 28.4 Å². The Hall–Kier alpha value is -3.02. The van der Waals surface area contributed by atoms with Gasteiger partial charge in [-0.15, -0.1) is 0 Å². The molecule has 1 heterocycles. The number of methoxy groups -OCH3 is 1. The van der Waals surface area contributed by atoms with Gasteiger partial charge in [0.05, 0.1) is 31.9 Å². The molecule has 2 N–H and O–H groups in total. The molecule has 1 amide bonds. The van der Waals surface area contributed by atoms with E-state index in [2.05, 4.69) is 10.6 Å². The third-order valence-corrected chi connectivity index (χ3v) is 4.03. The fraction of sp³-hybridized carbons (Fsp3) is 0.263. The predicted molar refractivity (Wildman–Crippen MR) is 93.7 cm³/mol. The SMILES string of the molecule is COC(=O)c1cccc(NCC(=O)NC2CCOc3ccccc32)c1. The van der Waals surface area contributed by atoms with Gasteiger partial charge in [0.15, 0.2) is 0 Å². The Balaban J connectivity index is 1.58. The van der Waals surface area contributed by atoms with Crippen molar-refractivity contribution in [3.63, 3.8) is 0 Å². The number of nitrogens with one attached hydrogen (secondary N) is 2. The van der Waals surface area contributed by atoms with E-state index in [0.717, 1.165) is 17.7 Å². The fourth-order valence-corrected chi connectivity index (χ4v) is 2.79. The number of anilines is 1. The number of carbonyl (C=O) groups excluding carboxylic acids is 2. The summed E-state index contributed by atoms with van der Waals surface area (Å²) in [7, 11) is 1.33. The molecule has 0 aromatic heterocycles. The fourth-order valence-electron chi connectivity index (χ4n) is 2.79. The van der Waals surface area contributed by atoms with E-state index < -0.39 is 5.97 Å². The number of para-hydroxylation sites is 1. The lowest BCUT2D eigenvalue weighted by Gasteiger charge is -2.26. The second kappa shape index (κ2) is 7.70. The van der Waals surface area contributed by atoms with Gasteiger partial charge < -0.3 is 20.1 Å². The zero-order valence-electron chi connectivity index (χ0n) is 14.0. The Bertz CT molecular complexity index is 776. The van der Waals surface area contributed by atoms with Crippen LogP contribution in [-0.2, 0) is 9.53 Å². The van der Waals surface area contributed by atoms with Crippen molar-refractivity contribution in [2.75, 3.05) is 25.6 Å². The standard InChI is InChI=1S/C19H20N2O4/c1-24-19(23)13-5-4-6-14(11-13)20-12-18(22)21-16-9-10-25-17-8-3-2-7-15(16)17/h2-8,11,16,20H,9-10,12H2,1H3,(H,21,22). The van der Waals surface area contributed by atoms with Crippen molar-refractivity contribution in [2.45, 2.75) is 12.5 Å². The highest BCUT2D eigenvalue weighted by Gasteiger charge is 2.22. The number of carbonyl (C=O) groups is 2. The van der Waals surface area contributed by atoms with Gasteiger partial charge in [-0.25, -0.2) is 4.79 Å². The number of hydrogen-bond acceptors (Lipinski definition) is 5. The second-order valence-corrected chi connectivity index (χ2v) is 5.72. The molecule has 0 bridgehead atoms. The van der Waals surface area contributed by atoms with Gasteiger partial charge in [0.25, 0.3) is 0 Å². The Kier molecular flexibility index (Phi) is 5.18. The van der Waals surface area contributed by atoms with Gasteiger partial charge in [-0.3, -0.25) is 4.79 Å². The maximum Gasteiger partial charge on any atom is 0.337 e. The number of rotatable bonds is 5. The summed E-state index contributed by atoms with van der Waals surface area (Å²) in [6.07, 6.45) is 0.737. The van der Waals surface area contributed by atoms with E-state index in [9.17, 15) is 9.59 Å². The zero-order valence-corrected chi connectivity index (χ0v) is 14.0. The van der Waals surface area contributed by atoms with Crippen LogP contribution < -0.4 is 15.4 Å². The molecule has 1 unspecified atom stereocenters. The molecule has 1 aliphatic rings. The van der Waals surface area contributed by atoms with Crippen LogP contribution >= 0.6 is 0 Å². The first-order valence-corrected chi connectivity index (χ1v) is 8.10. The summed E-state index contributed by atoms with van der Waals surface area (Å²) in [6, 6.07) is 14.5. The third-order valence-electron chi connectivity index (χ3n) is 4.03. The van der Waals surface area contributed by atoms with Gasteiger partial charge in [-0.1, -0.05) is 24.3 Å². The minimum absolute atomic E-state index is 0.0550. The normalized spacial score (nSPS) is 15.5. The van der Waals surface area contributed by atoms with E-state index in [1.54, 1.807) is 24.3 Å². The second-order valence-electron chi connectivity index (χ2n) is 5.72. The maximum absolute atomic E-state index is 12.3. The highest BCUT2D eigenvalue weighted by Crippen LogP contribution is 2.31. The van der Waals surface area contributed by atoms with E-state index in [-0.39, 0.29) is 18.5 Å². The van der Waals surface area contributed by atoms with Crippen molar-refractivity contribution in [1.29, 1.82) is 0 Å². The van der Waals surface area contributed by atoms with Gasteiger partial charge in [0, 0.05) is 17.7 Å². The quantitative estimate of drug-likeness (QED) is 0.818. The third kappa shape index (κ3) is 4.09. The molecule has 0 fully saturated rings. The van der Waals surface area contributed by atoms with Crippen LogP contribution in [0, 0.1) is 0 Å². The van der Waals surface area contributed by atoms with Crippen LogP contribution in [0.15, 0.2) is 48.5 Å². The summed E-state index contributed by atoms with van der Waals surface area (Å²) in [5, 5.41) is 6.05. The zero-order chi connectivity index (χ0) is 17.6. The molecule has 2 aromatic carbocycles. The van der Waals surface area contributed by atoms with Crippen LogP contribution in [0.4, 0.5) is 5.69 Å². The Labute approximate surface area is 146 Å². The monoisotopic (exact) mass is 340 g/mol. The highest BCUT2D eigenvalue weighted by atomic mass is 16.5. The van der Waals surface area contributed by atoms with Gasteiger partial charge in [0.2, 0.25) is 5.91 Å². The van der Waals surface area contributed by atoms with Crippen LogP contribution in [-0.4, -0.2) is 32.1 Å². The Morgan fingerprint density at radius 3 is 2.88 bits per heavy atom. The lowest BCUT2D eigenvalue weighted by atomic mass is 10.0. The number of benzene rings is 2. The lowest BCUT2D eigenvalue weighted by Crippen LogP contribution is -2.35. The van der Waals surface area contributed by atoms with Gasteiger partial charge in [-0.2, -0.15) is 0 Å². The van der Waals surface area contributed by atoms with Crippen molar-refractivity contribution in [3.05, 3.63) is 59.7 Å². The van der Waals surface area contributed by atoms with E-state index in [1.807, 2.05) is 24.3 Å². The molecule has 130 valence electrons. The molecule has 0 radical (unpaired) electrons. The minimum Gasteiger partial charge on any atom is -0.493 e. The molecular weight excluding hydrogens is 320 g/mol. The molecule has 6 nitrogen and oxygen atoms in total. The van der Waals surface area contributed by atoms with E-state index in [4.69, 9.17) is 9.47 Å². The molecule has 0 aliphatic carbocycles. The summed E-state index contributed by atoms with van der Waals surface area (Å²) < 4.78 is 10.3. The van der Waals surface area contributed by atoms with Crippen molar-refractivity contribution >= 4 is 17.6 Å². The molecule has 2 aromatic rings.